The van der Waals surface area contributed by atoms with Crippen molar-refractivity contribution >= 4 is 17.3 Å². The highest BCUT2D eigenvalue weighted by Gasteiger charge is 2.24. The third-order valence-electron chi connectivity index (χ3n) is 4.62. The lowest BCUT2D eigenvalue weighted by atomic mass is 9.84. The van der Waals surface area contributed by atoms with Gasteiger partial charge in [-0.3, -0.25) is 9.59 Å². The molecule has 0 saturated carbocycles. The van der Waals surface area contributed by atoms with E-state index in [2.05, 4.69) is 20.7 Å². The number of rotatable bonds is 5. The van der Waals surface area contributed by atoms with Crippen LogP contribution < -0.4 is 15.6 Å². The maximum Gasteiger partial charge on any atom is 0.272 e. The lowest BCUT2D eigenvalue weighted by Crippen LogP contribution is -2.18. The summed E-state index contributed by atoms with van der Waals surface area (Å²) in [6.45, 7) is 6.05. The van der Waals surface area contributed by atoms with E-state index in [0.29, 0.717) is 28.1 Å². The molecule has 0 aliphatic heterocycles. The van der Waals surface area contributed by atoms with E-state index < -0.39 is 0 Å². The van der Waals surface area contributed by atoms with E-state index in [-0.39, 0.29) is 22.6 Å². The van der Waals surface area contributed by atoms with E-state index in [1.165, 1.54) is 37.6 Å². The van der Waals surface area contributed by atoms with Gasteiger partial charge < -0.3 is 10.1 Å². The van der Waals surface area contributed by atoms with E-state index in [1.807, 2.05) is 26.8 Å². The van der Waals surface area contributed by atoms with Crippen LogP contribution in [-0.4, -0.2) is 23.2 Å². The molecule has 1 aromatic heterocycles. The van der Waals surface area contributed by atoms with Crippen LogP contribution >= 0.6 is 0 Å². The van der Waals surface area contributed by atoms with Gasteiger partial charge in [0.25, 0.3) is 11.5 Å². The average molecular weight is 406 g/mol. The minimum absolute atomic E-state index is 0.234. The van der Waals surface area contributed by atoms with Crippen LogP contribution in [-0.2, 0) is 5.41 Å². The summed E-state index contributed by atoms with van der Waals surface area (Å²) in [5.74, 6) is 0.127. The Labute approximate surface area is 173 Å². The predicted molar refractivity (Wildman–Crippen MR) is 115 cm³/mol. The van der Waals surface area contributed by atoms with E-state index >= 15 is 0 Å². The average Bonchev–Trinajstić information content (AvgIpc) is 2.73. The summed E-state index contributed by atoms with van der Waals surface area (Å²) in [6, 6.07) is 11.1. The summed E-state index contributed by atoms with van der Waals surface area (Å²) in [4.78, 5) is 35.7. The number of H-pyrrole nitrogens is 1. The molecule has 0 unspecified atom stereocenters. The van der Waals surface area contributed by atoms with E-state index in [0.717, 1.165) is 5.56 Å². The number of benzene rings is 2. The van der Waals surface area contributed by atoms with Gasteiger partial charge in [0.05, 0.1) is 18.4 Å². The Balaban J connectivity index is 2.12. The zero-order valence-electron chi connectivity index (χ0n) is 17.1. The maximum absolute atomic E-state index is 12.8. The number of nitrogens with zero attached hydrogens (tertiary/aromatic N) is 2. The number of aromatic amines is 1. The van der Waals surface area contributed by atoms with Crippen molar-refractivity contribution in [1.82, 2.24) is 10.2 Å². The van der Waals surface area contributed by atoms with Crippen LogP contribution in [0.25, 0.3) is 11.1 Å². The number of carbonyl (C=O) groups excluding carboxylic acids is 1. The lowest BCUT2D eigenvalue weighted by Gasteiger charge is -2.25. The van der Waals surface area contributed by atoms with Gasteiger partial charge in [0.2, 0.25) is 0 Å². The molecule has 30 heavy (non-hydrogen) atoms. The first-order valence-electron chi connectivity index (χ1n) is 9.26. The molecule has 1 heterocycles. The maximum atomic E-state index is 12.8. The SMILES string of the molecule is COc1c(NC(=O)c2ccc(N=O)cc2)cc(-c2ccn[nH]c2=O)cc1C(C)(C)C. The Morgan fingerprint density at radius 2 is 1.83 bits per heavy atom. The standard InChI is InChI=1S/C22H22N4O4/c1-22(2,3)17-11-14(16-9-10-23-25-21(16)28)12-18(19(17)30-4)24-20(27)13-5-7-15(26-29)8-6-13/h5-12H,1-4H3,(H,24,27)(H,25,28). The Morgan fingerprint density at radius 1 is 1.13 bits per heavy atom. The van der Waals surface area contributed by atoms with Gasteiger partial charge in [-0.15, -0.1) is 4.91 Å². The first-order valence-corrected chi connectivity index (χ1v) is 9.26. The van der Waals surface area contributed by atoms with Crippen LogP contribution in [0, 0.1) is 4.91 Å². The Hall–Kier alpha value is -3.81. The Bertz CT molecular complexity index is 1150. The molecule has 3 aromatic rings. The number of nitroso groups, excluding NO2 is 1. The second-order valence-corrected chi connectivity index (χ2v) is 7.75. The minimum Gasteiger partial charge on any atom is -0.494 e. The summed E-state index contributed by atoms with van der Waals surface area (Å²) < 4.78 is 5.63. The van der Waals surface area contributed by atoms with Gasteiger partial charge in [0.15, 0.2) is 0 Å². The predicted octanol–water partition coefficient (Wildman–Crippen LogP) is 4.39. The van der Waals surface area contributed by atoms with Gasteiger partial charge in [-0.25, -0.2) is 5.10 Å². The molecule has 0 bridgehead atoms. The molecule has 0 fully saturated rings. The van der Waals surface area contributed by atoms with Gasteiger partial charge in [-0.2, -0.15) is 5.10 Å². The summed E-state index contributed by atoms with van der Waals surface area (Å²) >= 11 is 0. The second-order valence-electron chi connectivity index (χ2n) is 7.75. The summed E-state index contributed by atoms with van der Waals surface area (Å²) in [6.07, 6.45) is 1.50. The second kappa shape index (κ2) is 8.28. The molecule has 0 aliphatic carbocycles. The fourth-order valence-corrected chi connectivity index (χ4v) is 3.09. The van der Waals surface area contributed by atoms with Crippen molar-refractivity contribution < 1.29 is 9.53 Å². The van der Waals surface area contributed by atoms with Gasteiger partial charge in [-0.1, -0.05) is 20.8 Å². The van der Waals surface area contributed by atoms with Gasteiger partial charge in [-0.05, 0) is 58.6 Å². The minimum atomic E-state index is -0.383. The summed E-state index contributed by atoms with van der Waals surface area (Å²) in [5.41, 5.74) is 2.24. The molecule has 0 saturated heterocycles. The molecule has 0 atom stereocenters. The molecule has 8 nitrogen and oxygen atoms in total. The van der Waals surface area contributed by atoms with Crippen LogP contribution in [0.3, 0.4) is 0 Å². The highest BCUT2D eigenvalue weighted by atomic mass is 16.5. The van der Waals surface area contributed by atoms with E-state index in [4.69, 9.17) is 4.74 Å². The smallest absolute Gasteiger partial charge is 0.272 e. The van der Waals surface area contributed by atoms with Crippen LogP contribution in [0.2, 0.25) is 0 Å². The first-order chi connectivity index (χ1) is 14.2. The van der Waals surface area contributed by atoms with Gasteiger partial charge in [0.1, 0.15) is 11.4 Å². The zero-order valence-corrected chi connectivity index (χ0v) is 17.1. The molecular formula is C22H22N4O4. The van der Waals surface area contributed by atoms with Gasteiger partial charge >= 0.3 is 0 Å². The number of hydrogen-bond donors (Lipinski definition) is 2. The monoisotopic (exact) mass is 406 g/mol. The van der Waals surface area contributed by atoms with Crippen LogP contribution in [0.1, 0.15) is 36.7 Å². The molecule has 0 radical (unpaired) electrons. The number of hydrogen-bond acceptors (Lipinski definition) is 6. The normalized spacial score (nSPS) is 11.1. The van der Waals surface area contributed by atoms with Crippen molar-refractivity contribution in [3.63, 3.8) is 0 Å². The molecule has 8 heteroatoms. The number of nitrogens with one attached hydrogen (secondary N) is 2. The number of aromatic nitrogens is 2. The van der Waals surface area contributed by atoms with E-state index in [9.17, 15) is 14.5 Å². The number of carbonyl (C=O) groups is 1. The molecule has 3 rings (SSSR count). The Kier molecular flexibility index (Phi) is 5.77. The third-order valence-corrected chi connectivity index (χ3v) is 4.62. The van der Waals surface area contributed by atoms with E-state index in [1.54, 1.807) is 12.1 Å². The van der Waals surface area contributed by atoms with Gasteiger partial charge in [0, 0.05) is 17.3 Å². The summed E-state index contributed by atoms with van der Waals surface area (Å²) in [7, 11) is 1.53. The number of amides is 1. The molecule has 154 valence electrons. The third kappa shape index (κ3) is 4.27. The summed E-state index contributed by atoms with van der Waals surface area (Å²) in [5, 5.41) is 11.9. The fraction of sp³-hybridized carbons (Fsp3) is 0.227. The highest BCUT2D eigenvalue weighted by Crippen LogP contribution is 2.40. The topological polar surface area (TPSA) is 114 Å². The quantitative estimate of drug-likeness (QED) is 0.610. The van der Waals surface area contributed by atoms with Crippen molar-refractivity contribution in [3.8, 4) is 16.9 Å². The molecule has 0 spiro atoms. The number of ether oxygens (including phenoxy) is 1. The lowest BCUT2D eigenvalue weighted by molar-refractivity contribution is 0.102. The number of methoxy groups -OCH3 is 1. The molecule has 1 amide bonds. The molecule has 2 N–H and O–H groups in total. The van der Waals surface area contributed by atoms with Crippen molar-refractivity contribution in [2.24, 2.45) is 5.18 Å². The van der Waals surface area contributed by atoms with Crippen molar-refractivity contribution in [2.75, 3.05) is 12.4 Å². The molecule has 2 aromatic carbocycles. The zero-order chi connectivity index (χ0) is 21.9. The van der Waals surface area contributed by atoms with Crippen LogP contribution in [0.4, 0.5) is 11.4 Å². The molecule has 0 aliphatic rings. The fourth-order valence-electron chi connectivity index (χ4n) is 3.09. The largest absolute Gasteiger partial charge is 0.494 e. The van der Waals surface area contributed by atoms with Crippen molar-refractivity contribution in [1.29, 1.82) is 0 Å². The number of anilines is 1. The highest BCUT2D eigenvalue weighted by molar-refractivity contribution is 6.05. The van der Waals surface area contributed by atoms with Crippen LogP contribution in [0.15, 0.2) is 58.6 Å². The Morgan fingerprint density at radius 3 is 2.40 bits per heavy atom. The van der Waals surface area contributed by atoms with Crippen LogP contribution in [0.5, 0.6) is 5.75 Å². The molecular weight excluding hydrogens is 384 g/mol. The van der Waals surface area contributed by atoms with Crippen molar-refractivity contribution in [2.45, 2.75) is 26.2 Å². The first kappa shape index (κ1) is 20.9. The van der Waals surface area contributed by atoms with Crippen molar-refractivity contribution in [3.05, 3.63) is 75.0 Å².